The molecule has 0 bridgehead atoms. The fourth-order valence-corrected chi connectivity index (χ4v) is 5.16. The molecule has 1 aliphatic heterocycles. The highest BCUT2D eigenvalue weighted by Gasteiger charge is 2.49. The highest BCUT2D eigenvalue weighted by Crippen LogP contribution is 2.50. The molecule has 2 heterocycles. The van der Waals surface area contributed by atoms with Crippen LogP contribution in [0.2, 0.25) is 0 Å². The Hall–Kier alpha value is -2.82. The van der Waals surface area contributed by atoms with E-state index in [0.717, 1.165) is 44.1 Å². The fourth-order valence-electron chi connectivity index (χ4n) is 4.62. The Morgan fingerprint density at radius 2 is 2.06 bits per heavy atom. The number of halogens is 2. The highest BCUT2D eigenvalue weighted by atomic mass is 32.2. The summed E-state index contributed by atoms with van der Waals surface area (Å²) < 4.78 is 35.9. The molecule has 1 aromatic heterocycles. The van der Waals surface area contributed by atoms with Crippen molar-refractivity contribution in [2.24, 2.45) is 5.41 Å². The zero-order valence-corrected chi connectivity index (χ0v) is 19.7. The van der Waals surface area contributed by atoms with Crippen LogP contribution < -0.4 is 15.6 Å². The predicted molar refractivity (Wildman–Crippen MR) is 129 cm³/mol. The van der Waals surface area contributed by atoms with E-state index in [1.807, 2.05) is 18.3 Å². The van der Waals surface area contributed by atoms with Crippen molar-refractivity contribution in [1.82, 2.24) is 19.2 Å². The van der Waals surface area contributed by atoms with Crippen LogP contribution in [0.5, 0.6) is 0 Å². The Morgan fingerprint density at radius 3 is 2.74 bits per heavy atom. The maximum absolute atomic E-state index is 15.1. The first-order valence-corrected chi connectivity index (χ1v) is 12.0. The van der Waals surface area contributed by atoms with Gasteiger partial charge in [-0.3, -0.25) is 14.2 Å². The summed E-state index contributed by atoms with van der Waals surface area (Å²) in [4.78, 5) is 30.7. The minimum atomic E-state index is -0.973. The molecule has 3 aromatic rings. The van der Waals surface area contributed by atoms with Gasteiger partial charge in [0.1, 0.15) is 5.82 Å². The molecule has 1 aliphatic carbocycles. The van der Waals surface area contributed by atoms with E-state index in [9.17, 15) is 14.0 Å². The van der Waals surface area contributed by atoms with E-state index < -0.39 is 23.0 Å². The smallest absolute Gasteiger partial charge is 0.261 e. The Bertz CT molecular complexity index is 1330. The number of ketones is 1. The highest BCUT2D eigenvalue weighted by molar-refractivity contribution is 7.98. The minimum absolute atomic E-state index is 0.00394. The Kier molecular flexibility index (Phi) is 5.91. The number of nitrogens with one attached hydrogen (secondary N) is 2. The molecule has 5 rings (SSSR count). The average Bonchev–Trinajstić information content (AvgIpc) is 2.77. The first-order chi connectivity index (χ1) is 16.3. The second kappa shape index (κ2) is 8.75. The number of carbonyl (C=O) groups excluding carboxylic acids is 1. The van der Waals surface area contributed by atoms with Crippen molar-refractivity contribution in [3.05, 3.63) is 69.8 Å². The molecule has 1 saturated carbocycles. The van der Waals surface area contributed by atoms with Crippen LogP contribution in [0.25, 0.3) is 10.9 Å². The summed E-state index contributed by atoms with van der Waals surface area (Å²) in [6, 6.07) is 6.75. The summed E-state index contributed by atoms with van der Waals surface area (Å²) in [5, 5.41) is 3.54. The number of rotatable bonds is 7. The van der Waals surface area contributed by atoms with Crippen molar-refractivity contribution in [3.63, 3.8) is 0 Å². The van der Waals surface area contributed by atoms with Gasteiger partial charge < -0.3 is 10.0 Å². The molecular weight excluding hydrogens is 460 g/mol. The van der Waals surface area contributed by atoms with Gasteiger partial charge in [-0.15, -0.1) is 0 Å². The van der Waals surface area contributed by atoms with Crippen molar-refractivity contribution >= 4 is 34.5 Å². The Morgan fingerprint density at radius 1 is 1.29 bits per heavy atom. The molecule has 2 fully saturated rings. The molecule has 0 radical (unpaired) electrons. The second-order valence-electron chi connectivity index (χ2n) is 9.11. The van der Waals surface area contributed by atoms with Gasteiger partial charge in [0, 0.05) is 43.4 Å². The number of anilines is 1. The average molecular weight is 486 g/mol. The third-order valence-corrected chi connectivity index (χ3v) is 7.73. The van der Waals surface area contributed by atoms with Crippen LogP contribution in [0.1, 0.15) is 41.7 Å². The van der Waals surface area contributed by atoms with Crippen molar-refractivity contribution in [2.75, 3.05) is 31.4 Å². The van der Waals surface area contributed by atoms with E-state index in [1.54, 1.807) is 10.9 Å². The summed E-state index contributed by atoms with van der Waals surface area (Å²) in [5.41, 5.74) is -0.147. The van der Waals surface area contributed by atoms with Gasteiger partial charge in [0.25, 0.3) is 5.56 Å². The van der Waals surface area contributed by atoms with Crippen molar-refractivity contribution in [2.45, 2.75) is 25.8 Å². The summed E-state index contributed by atoms with van der Waals surface area (Å²) in [7, 11) is 1.81. The Balaban J connectivity index is 1.46. The molecule has 0 amide bonds. The van der Waals surface area contributed by atoms with Gasteiger partial charge in [0.2, 0.25) is 0 Å². The summed E-state index contributed by atoms with van der Waals surface area (Å²) in [5.74, 6) is -2.76. The number of aromatic nitrogens is 2. The van der Waals surface area contributed by atoms with Crippen LogP contribution in [0.15, 0.2) is 41.5 Å². The molecule has 7 nitrogen and oxygen atoms in total. The van der Waals surface area contributed by atoms with Crippen LogP contribution in [-0.2, 0) is 0 Å². The summed E-state index contributed by atoms with van der Waals surface area (Å²) >= 11 is 1.14. The maximum Gasteiger partial charge on any atom is 0.261 e. The zero-order valence-electron chi connectivity index (χ0n) is 18.9. The van der Waals surface area contributed by atoms with E-state index in [0.29, 0.717) is 12.1 Å². The lowest BCUT2D eigenvalue weighted by molar-refractivity contribution is 0.00590. The number of hydrogen-bond donors (Lipinski definition) is 2. The molecule has 0 unspecified atom stereocenters. The van der Waals surface area contributed by atoms with Crippen LogP contribution in [0.3, 0.4) is 0 Å². The van der Waals surface area contributed by atoms with Gasteiger partial charge >= 0.3 is 0 Å². The number of nitrogens with zero attached hydrogens (tertiary/aromatic N) is 3. The van der Waals surface area contributed by atoms with E-state index in [1.165, 1.54) is 24.3 Å². The van der Waals surface area contributed by atoms with E-state index in [-0.39, 0.29) is 33.7 Å². The largest absolute Gasteiger partial charge is 0.316 e. The van der Waals surface area contributed by atoms with Crippen molar-refractivity contribution < 1.29 is 13.6 Å². The van der Waals surface area contributed by atoms with Crippen LogP contribution in [0, 0.1) is 17.0 Å². The number of benzene rings is 2. The lowest BCUT2D eigenvalue weighted by Crippen LogP contribution is -2.61. The number of hydrogen-bond acceptors (Lipinski definition) is 7. The van der Waals surface area contributed by atoms with Gasteiger partial charge in [0.05, 0.1) is 28.5 Å². The first-order valence-electron chi connectivity index (χ1n) is 11.2. The molecule has 1 spiro atoms. The number of carbonyl (C=O) groups is 1. The lowest BCUT2D eigenvalue weighted by Gasteiger charge is -2.54. The molecular formula is C24H25F2N5O2S. The summed E-state index contributed by atoms with van der Waals surface area (Å²) in [6.07, 6.45) is 3.37. The normalized spacial score (nSPS) is 17.1. The molecule has 10 heteroatoms. The van der Waals surface area contributed by atoms with Gasteiger partial charge in [-0.1, -0.05) is 6.92 Å². The molecule has 2 N–H and O–H groups in total. The van der Waals surface area contributed by atoms with Crippen molar-refractivity contribution in [3.8, 4) is 0 Å². The SMILES string of the molecule is CCN(C)SNc1ccc(F)c(C(=O)c2ccc3ncn(C4CC5(CNC5)C4)c(=O)c3c2)c1F. The lowest BCUT2D eigenvalue weighted by atomic mass is 9.61. The second-order valence-corrected chi connectivity index (χ2v) is 10.1. The number of fused-ring (bicyclic) bond motifs is 1. The van der Waals surface area contributed by atoms with E-state index >= 15 is 4.39 Å². The molecule has 2 aliphatic rings. The maximum atomic E-state index is 15.1. The third kappa shape index (κ3) is 3.89. The molecule has 0 atom stereocenters. The topological polar surface area (TPSA) is 79.3 Å². The molecule has 1 saturated heterocycles. The third-order valence-electron chi connectivity index (χ3n) is 6.85. The zero-order chi connectivity index (χ0) is 24.0. The van der Waals surface area contributed by atoms with Crippen LogP contribution in [0.4, 0.5) is 14.5 Å². The molecule has 178 valence electrons. The van der Waals surface area contributed by atoms with Gasteiger partial charge in [-0.05, 0) is 55.6 Å². The van der Waals surface area contributed by atoms with E-state index in [2.05, 4.69) is 15.0 Å². The monoisotopic (exact) mass is 485 g/mol. The van der Waals surface area contributed by atoms with Gasteiger partial charge in [-0.25, -0.2) is 18.1 Å². The van der Waals surface area contributed by atoms with Gasteiger partial charge in [-0.2, -0.15) is 0 Å². The quantitative estimate of drug-likeness (QED) is 0.390. The van der Waals surface area contributed by atoms with E-state index in [4.69, 9.17) is 0 Å². The first kappa shape index (κ1) is 22.9. The standard InChI is InChI=1S/C24H25F2N5O2S/c1-3-30(2)34-29-19-7-5-17(25)20(21(19)26)22(32)14-4-6-18-16(8-14)23(33)31(13-28-18)15-9-24(10-15)11-27-12-24/h4-8,13,15,27,29H,3,9-12H2,1-2H3. The Labute approximate surface area is 199 Å². The molecule has 34 heavy (non-hydrogen) atoms. The fraction of sp³-hybridized carbons (Fsp3) is 0.375. The van der Waals surface area contributed by atoms with Crippen LogP contribution >= 0.6 is 12.1 Å². The predicted octanol–water partition coefficient (Wildman–Crippen LogP) is 3.76. The van der Waals surface area contributed by atoms with Crippen LogP contribution in [-0.4, -0.2) is 46.3 Å². The van der Waals surface area contributed by atoms with Crippen molar-refractivity contribution in [1.29, 1.82) is 0 Å². The van der Waals surface area contributed by atoms with Gasteiger partial charge in [0.15, 0.2) is 11.6 Å². The molecule has 2 aromatic carbocycles. The minimum Gasteiger partial charge on any atom is -0.316 e. The summed E-state index contributed by atoms with van der Waals surface area (Å²) in [6.45, 7) is 4.57.